The lowest BCUT2D eigenvalue weighted by atomic mass is 10.2. The van der Waals surface area contributed by atoms with Crippen LogP contribution in [0.1, 0.15) is 27.8 Å². The van der Waals surface area contributed by atoms with Crippen molar-refractivity contribution >= 4 is 11.3 Å². The van der Waals surface area contributed by atoms with Crippen LogP contribution in [0.25, 0.3) is 0 Å². The fourth-order valence-electron chi connectivity index (χ4n) is 1.54. The van der Waals surface area contributed by atoms with Crippen molar-refractivity contribution < 1.29 is 0 Å². The monoisotopic (exact) mass is 153 g/mol. The second-order valence-corrected chi connectivity index (χ2v) is 4.18. The van der Waals surface area contributed by atoms with Gasteiger partial charge in [0.05, 0.1) is 0 Å². The van der Waals surface area contributed by atoms with Gasteiger partial charge in [-0.15, -0.1) is 11.3 Å². The van der Waals surface area contributed by atoms with Gasteiger partial charge in [0, 0.05) is 15.8 Å². The van der Waals surface area contributed by atoms with Crippen LogP contribution in [0, 0.1) is 6.92 Å². The summed E-state index contributed by atoms with van der Waals surface area (Å²) in [5.74, 6) is 0. The van der Waals surface area contributed by atoms with Gasteiger partial charge in [0.25, 0.3) is 0 Å². The molecular formula is C8H11NS. The van der Waals surface area contributed by atoms with E-state index < -0.39 is 0 Å². The van der Waals surface area contributed by atoms with Crippen LogP contribution in [0.3, 0.4) is 0 Å². The molecule has 0 saturated carbocycles. The van der Waals surface area contributed by atoms with Crippen LogP contribution in [0.15, 0.2) is 6.07 Å². The third-order valence-electron chi connectivity index (χ3n) is 2.03. The minimum Gasteiger partial charge on any atom is -0.323 e. The number of hydrogen-bond acceptors (Lipinski definition) is 2. The lowest BCUT2D eigenvalue weighted by Gasteiger charge is -1.97. The predicted molar refractivity (Wildman–Crippen MR) is 44.3 cm³/mol. The molecule has 0 spiro atoms. The van der Waals surface area contributed by atoms with E-state index in [4.69, 9.17) is 5.73 Å². The van der Waals surface area contributed by atoms with Crippen molar-refractivity contribution in [3.05, 3.63) is 21.4 Å². The Kier molecular flexibility index (Phi) is 1.32. The highest BCUT2D eigenvalue weighted by Gasteiger charge is 2.20. The molecule has 0 aromatic carbocycles. The Morgan fingerprint density at radius 3 is 3.20 bits per heavy atom. The molecule has 10 heavy (non-hydrogen) atoms. The van der Waals surface area contributed by atoms with Gasteiger partial charge in [-0.3, -0.25) is 0 Å². The topological polar surface area (TPSA) is 26.0 Å². The number of rotatable bonds is 0. The van der Waals surface area contributed by atoms with Crippen LogP contribution in [0.2, 0.25) is 0 Å². The summed E-state index contributed by atoms with van der Waals surface area (Å²) in [6.45, 7) is 2.15. The van der Waals surface area contributed by atoms with Gasteiger partial charge < -0.3 is 5.73 Å². The van der Waals surface area contributed by atoms with Gasteiger partial charge in [0.1, 0.15) is 0 Å². The molecule has 0 saturated heterocycles. The normalized spacial score (nSPS) is 23.2. The Morgan fingerprint density at radius 1 is 1.70 bits per heavy atom. The van der Waals surface area contributed by atoms with E-state index in [1.807, 2.05) is 11.3 Å². The quantitative estimate of drug-likeness (QED) is 0.606. The van der Waals surface area contributed by atoms with Gasteiger partial charge in [0.2, 0.25) is 0 Å². The van der Waals surface area contributed by atoms with E-state index >= 15 is 0 Å². The second kappa shape index (κ2) is 2.07. The van der Waals surface area contributed by atoms with Crippen LogP contribution in [0.5, 0.6) is 0 Å². The molecular weight excluding hydrogens is 142 g/mol. The summed E-state index contributed by atoms with van der Waals surface area (Å²) < 4.78 is 0. The van der Waals surface area contributed by atoms with E-state index in [0.29, 0.717) is 6.04 Å². The van der Waals surface area contributed by atoms with Crippen molar-refractivity contribution in [2.45, 2.75) is 25.8 Å². The molecule has 1 unspecified atom stereocenters. The molecule has 1 aliphatic rings. The number of nitrogens with two attached hydrogens (primary N) is 1. The maximum atomic E-state index is 5.87. The zero-order valence-corrected chi connectivity index (χ0v) is 6.87. The summed E-state index contributed by atoms with van der Waals surface area (Å²) in [6.07, 6.45) is 2.35. The molecule has 0 bridgehead atoms. The van der Waals surface area contributed by atoms with Gasteiger partial charge >= 0.3 is 0 Å². The second-order valence-electron chi connectivity index (χ2n) is 2.89. The van der Waals surface area contributed by atoms with E-state index in [2.05, 4.69) is 13.0 Å². The standard InChI is InChI=1S/C8H11NS/c1-5-4-6-2-3-7(9)8(6)10-5/h4,7H,2-3,9H2,1H3. The van der Waals surface area contributed by atoms with Crippen molar-refractivity contribution in [2.75, 3.05) is 0 Å². The number of hydrogen-bond donors (Lipinski definition) is 1. The molecule has 0 fully saturated rings. The average Bonchev–Trinajstić information content (AvgIpc) is 2.35. The van der Waals surface area contributed by atoms with Crippen LogP contribution in [-0.2, 0) is 6.42 Å². The Balaban J connectivity index is 2.49. The maximum Gasteiger partial charge on any atom is 0.0395 e. The fourth-order valence-corrected chi connectivity index (χ4v) is 2.65. The van der Waals surface area contributed by atoms with E-state index in [1.54, 1.807) is 0 Å². The fraction of sp³-hybridized carbons (Fsp3) is 0.500. The lowest BCUT2D eigenvalue weighted by Crippen LogP contribution is -2.03. The van der Waals surface area contributed by atoms with Crippen molar-refractivity contribution in [3.63, 3.8) is 0 Å². The molecule has 0 amide bonds. The highest BCUT2D eigenvalue weighted by Crippen LogP contribution is 2.35. The van der Waals surface area contributed by atoms with Gasteiger partial charge in [-0.25, -0.2) is 0 Å². The molecule has 0 radical (unpaired) electrons. The third kappa shape index (κ3) is 0.796. The van der Waals surface area contributed by atoms with Crippen LogP contribution >= 0.6 is 11.3 Å². The maximum absolute atomic E-state index is 5.87. The highest BCUT2D eigenvalue weighted by atomic mass is 32.1. The number of thiophene rings is 1. The summed E-state index contributed by atoms with van der Waals surface area (Å²) in [7, 11) is 0. The first-order chi connectivity index (χ1) is 4.77. The van der Waals surface area contributed by atoms with Crippen molar-refractivity contribution in [2.24, 2.45) is 5.73 Å². The third-order valence-corrected chi connectivity index (χ3v) is 3.25. The minimum atomic E-state index is 0.341. The smallest absolute Gasteiger partial charge is 0.0395 e. The molecule has 1 atom stereocenters. The van der Waals surface area contributed by atoms with Gasteiger partial charge in [0.15, 0.2) is 0 Å². The Labute approximate surface area is 64.9 Å². The zero-order chi connectivity index (χ0) is 7.14. The van der Waals surface area contributed by atoms with E-state index in [9.17, 15) is 0 Å². The van der Waals surface area contributed by atoms with Crippen molar-refractivity contribution in [1.29, 1.82) is 0 Å². The molecule has 1 aromatic rings. The van der Waals surface area contributed by atoms with E-state index in [0.717, 1.165) is 6.42 Å². The predicted octanol–water partition coefficient (Wildman–Crippen LogP) is 2.00. The Hall–Kier alpha value is -0.340. The molecule has 2 N–H and O–H groups in total. The van der Waals surface area contributed by atoms with E-state index in [-0.39, 0.29) is 0 Å². The first-order valence-electron chi connectivity index (χ1n) is 3.62. The Bertz CT molecular complexity index is 252. The molecule has 2 rings (SSSR count). The lowest BCUT2D eigenvalue weighted by molar-refractivity contribution is 0.720. The summed E-state index contributed by atoms with van der Waals surface area (Å²) in [4.78, 5) is 2.83. The van der Waals surface area contributed by atoms with Gasteiger partial charge in [-0.1, -0.05) is 0 Å². The molecule has 1 nitrogen and oxygen atoms in total. The average molecular weight is 153 g/mol. The summed E-state index contributed by atoms with van der Waals surface area (Å²) in [5, 5.41) is 0. The summed E-state index contributed by atoms with van der Waals surface area (Å²) in [5.41, 5.74) is 7.37. The van der Waals surface area contributed by atoms with Gasteiger partial charge in [-0.05, 0) is 31.4 Å². The Morgan fingerprint density at radius 2 is 2.50 bits per heavy atom. The van der Waals surface area contributed by atoms with E-state index in [1.165, 1.54) is 21.7 Å². The molecule has 1 aliphatic carbocycles. The summed E-state index contributed by atoms with van der Waals surface area (Å²) >= 11 is 1.86. The van der Waals surface area contributed by atoms with Gasteiger partial charge in [-0.2, -0.15) is 0 Å². The molecule has 2 heteroatoms. The molecule has 0 aliphatic heterocycles. The minimum absolute atomic E-state index is 0.341. The highest BCUT2D eigenvalue weighted by molar-refractivity contribution is 7.12. The van der Waals surface area contributed by atoms with Crippen LogP contribution < -0.4 is 5.73 Å². The zero-order valence-electron chi connectivity index (χ0n) is 6.05. The molecule has 1 heterocycles. The first kappa shape index (κ1) is 6.38. The SMILES string of the molecule is Cc1cc2c(s1)C(N)CC2. The number of aryl methyl sites for hydroxylation is 2. The summed E-state index contributed by atoms with van der Waals surface area (Å²) in [6, 6.07) is 2.61. The van der Waals surface area contributed by atoms with Crippen LogP contribution in [0.4, 0.5) is 0 Å². The molecule has 1 aromatic heterocycles. The largest absolute Gasteiger partial charge is 0.323 e. The molecule has 54 valence electrons. The van der Waals surface area contributed by atoms with Crippen molar-refractivity contribution in [3.8, 4) is 0 Å². The van der Waals surface area contributed by atoms with Crippen molar-refractivity contribution in [1.82, 2.24) is 0 Å². The van der Waals surface area contributed by atoms with Crippen LogP contribution in [-0.4, -0.2) is 0 Å². The first-order valence-corrected chi connectivity index (χ1v) is 4.44. The number of fused-ring (bicyclic) bond motifs is 1.